The smallest absolute Gasteiger partial charge is 0.247 e. The lowest BCUT2D eigenvalue weighted by Crippen LogP contribution is -2.27. The van der Waals surface area contributed by atoms with E-state index in [1.165, 1.54) is 34.3 Å². The van der Waals surface area contributed by atoms with Crippen molar-refractivity contribution in [1.29, 1.82) is 0 Å². The van der Waals surface area contributed by atoms with E-state index in [2.05, 4.69) is 86.9 Å². The predicted molar refractivity (Wildman–Crippen MR) is 163 cm³/mol. The van der Waals surface area contributed by atoms with E-state index >= 15 is 0 Å². The van der Waals surface area contributed by atoms with Crippen LogP contribution in [0.15, 0.2) is 65.8 Å². The molecule has 2 N–H and O–H groups in total. The van der Waals surface area contributed by atoms with Crippen molar-refractivity contribution in [2.75, 3.05) is 13.1 Å². The van der Waals surface area contributed by atoms with E-state index in [0.29, 0.717) is 0 Å². The second-order valence-corrected chi connectivity index (χ2v) is 9.88. The maximum atomic E-state index is 12.4. The summed E-state index contributed by atoms with van der Waals surface area (Å²) in [6, 6.07) is 17.5. The van der Waals surface area contributed by atoms with E-state index in [4.69, 9.17) is 0 Å². The Morgan fingerprint density at radius 1 is 0.919 bits per heavy atom. The van der Waals surface area contributed by atoms with Gasteiger partial charge in [-0.2, -0.15) is 0 Å². The molecule has 0 radical (unpaired) electrons. The van der Waals surface area contributed by atoms with Crippen molar-refractivity contribution >= 4 is 11.5 Å². The van der Waals surface area contributed by atoms with Crippen LogP contribution in [0.25, 0.3) is 5.57 Å². The fraction of sp³-hybridized carbons (Fsp3) is 0.500. The highest BCUT2D eigenvalue weighted by atomic mass is 16.1. The second kappa shape index (κ2) is 17.7. The molecule has 2 aromatic rings. The number of rotatable bonds is 7. The zero-order valence-electron chi connectivity index (χ0n) is 25.0. The van der Waals surface area contributed by atoms with Crippen molar-refractivity contribution in [1.82, 2.24) is 10.6 Å². The number of benzene rings is 2. The third-order valence-corrected chi connectivity index (χ3v) is 6.79. The first-order valence-electron chi connectivity index (χ1n) is 14.4. The van der Waals surface area contributed by atoms with Gasteiger partial charge in [0.05, 0.1) is 6.04 Å². The molecule has 1 heterocycles. The summed E-state index contributed by atoms with van der Waals surface area (Å²) in [5.41, 5.74) is 8.65. The van der Waals surface area contributed by atoms with Crippen LogP contribution in [0, 0.1) is 12.8 Å². The quantitative estimate of drug-likeness (QED) is 0.370. The van der Waals surface area contributed by atoms with Gasteiger partial charge in [0.25, 0.3) is 0 Å². The molecule has 2 aromatic carbocycles. The standard InChI is InChI=1S/C27H34N2O.C5H12.C2H6/c1-5-21(6-2)27(30)29-20(4)22-11-13-24(14-12-22)26(25-15-17-28-18-16-25)23-9-7-19(3)8-10-23;1-4-5(2)3;1-2/h5,7-14,20,28H,6,15-18H2,1-4H3,(H,29,30);5H,4H2,1-3H3;1-2H3/b21-5+;;. The molecule has 3 nitrogen and oxygen atoms in total. The van der Waals surface area contributed by atoms with Gasteiger partial charge in [-0.05, 0) is 81.3 Å². The van der Waals surface area contributed by atoms with Crippen LogP contribution in [-0.2, 0) is 4.79 Å². The Morgan fingerprint density at radius 3 is 1.84 bits per heavy atom. The molecule has 1 fully saturated rings. The summed E-state index contributed by atoms with van der Waals surface area (Å²) in [5, 5.41) is 6.58. The summed E-state index contributed by atoms with van der Waals surface area (Å²) in [6.45, 7) is 20.8. The normalized spacial score (nSPS) is 14.1. The maximum absolute atomic E-state index is 12.4. The Morgan fingerprint density at radius 2 is 1.41 bits per heavy atom. The number of hydrogen-bond acceptors (Lipinski definition) is 2. The van der Waals surface area contributed by atoms with E-state index < -0.39 is 0 Å². The van der Waals surface area contributed by atoms with Crippen LogP contribution in [0.5, 0.6) is 0 Å². The molecule has 1 aliphatic heterocycles. The minimum atomic E-state index is -0.0255. The van der Waals surface area contributed by atoms with Crippen LogP contribution >= 0.6 is 0 Å². The molecule has 204 valence electrons. The number of allylic oxidation sites excluding steroid dienone is 1. The number of carbonyl (C=O) groups is 1. The molecule has 3 rings (SSSR count). The van der Waals surface area contributed by atoms with E-state index in [9.17, 15) is 4.79 Å². The molecule has 37 heavy (non-hydrogen) atoms. The van der Waals surface area contributed by atoms with Crippen molar-refractivity contribution in [2.45, 2.75) is 94.0 Å². The Hall–Kier alpha value is -2.65. The molecule has 1 amide bonds. The number of hydrogen-bond donors (Lipinski definition) is 2. The van der Waals surface area contributed by atoms with Crippen molar-refractivity contribution in [2.24, 2.45) is 5.92 Å². The topological polar surface area (TPSA) is 41.1 Å². The zero-order chi connectivity index (χ0) is 27.8. The van der Waals surface area contributed by atoms with E-state index in [0.717, 1.165) is 49.4 Å². The summed E-state index contributed by atoms with van der Waals surface area (Å²) >= 11 is 0. The van der Waals surface area contributed by atoms with Gasteiger partial charge >= 0.3 is 0 Å². The average Bonchev–Trinajstić information content (AvgIpc) is 2.93. The SMILES string of the molecule is C/C=C(\CC)C(=O)NC(C)c1ccc(C(=C2CCNCC2)c2ccc(C)cc2)cc1.CC.CCC(C)C. The Bertz CT molecular complexity index is 973. The Kier molecular flexibility index (Phi) is 15.5. The van der Waals surface area contributed by atoms with Gasteiger partial charge in [0.15, 0.2) is 0 Å². The first kappa shape index (κ1) is 32.4. The lowest BCUT2D eigenvalue weighted by Gasteiger charge is -2.22. The highest BCUT2D eigenvalue weighted by molar-refractivity contribution is 5.93. The number of piperidine rings is 1. The van der Waals surface area contributed by atoms with Gasteiger partial charge in [-0.15, -0.1) is 0 Å². The molecule has 1 saturated heterocycles. The Balaban J connectivity index is 0.000000874. The molecular formula is C34H52N2O. The Labute approximate surface area is 227 Å². The van der Waals surface area contributed by atoms with Crippen molar-refractivity contribution in [3.63, 3.8) is 0 Å². The molecule has 0 aliphatic carbocycles. The third kappa shape index (κ3) is 10.7. The van der Waals surface area contributed by atoms with Gasteiger partial charge < -0.3 is 10.6 Å². The van der Waals surface area contributed by atoms with E-state index in [1.54, 1.807) is 0 Å². The van der Waals surface area contributed by atoms with Crippen LogP contribution in [0.1, 0.15) is 109 Å². The van der Waals surface area contributed by atoms with Gasteiger partial charge in [0, 0.05) is 5.57 Å². The van der Waals surface area contributed by atoms with Crippen LogP contribution in [-0.4, -0.2) is 19.0 Å². The number of nitrogens with one attached hydrogen (secondary N) is 2. The number of amides is 1. The average molecular weight is 505 g/mol. The summed E-state index contributed by atoms with van der Waals surface area (Å²) < 4.78 is 0. The van der Waals surface area contributed by atoms with Crippen LogP contribution in [0.3, 0.4) is 0 Å². The minimum Gasteiger partial charge on any atom is -0.346 e. The fourth-order valence-electron chi connectivity index (χ4n) is 4.08. The lowest BCUT2D eigenvalue weighted by atomic mass is 9.88. The highest BCUT2D eigenvalue weighted by Gasteiger charge is 2.16. The minimum absolute atomic E-state index is 0.0220. The van der Waals surface area contributed by atoms with Gasteiger partial charge in [-0.1, -0.05) is 114 Å². The molecule has 0 aromatic heterocycles. The molecule has 1 unspecified atom stereocenters. The first-order valence-corrected chi connectivity index (χ1v) is 14.4. The largest absolute Gasteiger partial charge is 0.346 e. The van der Waals surface area contributed by atoms with Crippen molar-refractivity contribution in [3.05, 3.63) is 88.0 Å². The van der Waals surface area contributed by atoms with E-state index in [1.807, 2.05) is 40.7 Å². The van der Waals surface area contributed by atoms with Crippen LogP contribution in [0.4, 0.5) is 0 Å². The fourth-order valence-corrected chi connectivity index (χ4v) is 4.08. The monoisotopic (exact) mass is 504 g/mol. The first-order chi connectivity index (χ1) is 17.8. The lowest BCUT2D eigenvalue weighted by molar-refractivity contribution is -0.118. The van der Waals surface area contributed by atoms with Crippen LogP contribution in [0.2, 0.25) is 0 Å². The molecule has 1 atom stereocenters. The van der Waals surface area contributed by atoms with Gasteiger partial charge in [-0.3, -0.25) is 4.79 Å². The summed E-state index contributed by atoms with van der Waals surface area (Å²) in [6.07, 6.45) is 6.11. The van der Waals surface area contributed by atoms with Crippen LogP contribution < -0.4 is 10.6 Å². The molecular weight excluding hydrogens is 452 g/mol. The molecule has 0 spiro atoms. The molecule has 0 bridgehead atoms. The second-order valence-electron chi connectivity index (χ2n) is 9.88. The number of aryl methyl sites for hydroxylation is 1. The zero-order valence-corrected chi connectivity index (χ0v) is 25.0. The maximum Gasteiger partial charge on any atom is 0.247 e. The van der Waals surface area contributed by atoms with Gasteiger partial charge in [0.2, 0.25) is 5.91 Å². The van der Waals surface area contributed by atoms with E-state index in [-0.39, 0.29) is 11.9 Å². The summed E-state index contributed by atoms with van der Waals surface area (Å²) in [5.74, 6) is 0.906. The third-order valence-electron chi connectivity index (χ3n) is 6.79. The summed E-state index contributed by atoms with van der Waals surface area (Å²) in [4.78, 5) is 12.4. The predicted octanol–water partition coefficient (Wildman–Crippen LogP) is 8.79. The molecule has 1 aliphatic rings. The molecule has 3 heteroatoms. The van der Waals surface area contributed by atoms with Gasteiger partial charge in [0.1, 0.15) is 0 Å². The summed E-state index contributed by atoms with van der Waals surface area (Å²) in [7, 11) is 0. The highest BCUT2D eigenvalue weighted by Crippen LogP contribution is 2.32. The van der Waals surface area contributed by atoms with Gasteiger partial charge in [-0.25, -0.2) is 0 Å². The van der Waals surface area contributed by atoms with Crippen molar-refractivity contribution < 1.29 is 4.79 Å². The molecule has 0 saturated carbocycles. The van der Waals surface area contributed by atoms with Crippen molar-refractivity contribution in [3.8, 4) is 0 Å². The number of carbonyl (C=O) groups excluding carboxylic acids is 1.